The van der Waals surface area contributed by atoms with Gasteiger partial charge in [-0.25, -0.2) is 4.98 Å². The Bertz CT molecular complexity index is 467. The lowest BCUT2D eigenvalue weighted by molar-refractivity contribution is 0.993. The number of nitrogens with two attached hydrogens (primary N) is 1. The Morgan fingerprint density at radius 2 is 2.31 bits per heavy atom. The van der Waals surface area contributed by atoms with Gasteiger partial charge in [-0.3, -0.25) is 0 Å². The number of aromatic nitrogens is 2. The van der Waals surface area contributed by atoms with Gasteiger partial charge in [0.1, 0.15) is 5.82 Å². The quantitative estimate of drug-likeness (QED) is 0.797. The molecule has 84 valence electrons. The van der Waals surface area contributed by atoms with Crippen LogP contribution in [-0.2, 0) is 13.0 Å². The molecule has 2 rings (SSSR count). The van der Waals surface area contributed by atoms with Gasteiger partial charge in [0.2, 0.25) is 5.13 Å². The Hall–Kier alpha value is -1.62. The van der Waals surface area contributed by atoms with E-state index in [1.54, 1.807) is 0 Å². The standard InChI is InChI=1S/C11H14N4S/c1-2-10-14-11(16-15-10)13-7-8-4-3-5-9(12)6-8/h3-6H,2,7,12H2,1H3,(H,13,14,15). The second-order valence-electron chi connectivity index (χ2n) is 3.47. The summed E-state index contributed by atoms with van der Waals surface area (Å²) in [7, 11) is 0. The van der Waals surface area contributed by atoms with Crippen molar-refractivity contribution in [3.05, 3.63) is 35.7 Å². The van der Waals surface area contributed by atoms with E-state index in [4.69, 9.17) is 5.73 Å². The zero-order valence-corrected chi connectivity index (χ0v) is 9.92. The number of nitrogens with zero attached hydrogens (tertiary/aromatic N) is 2. The minimum Gasteiger partial charge on any atom is -0.399 e. The van der Waals surface area contributed by atoms with Crippen molar-refractivity contribution in [1.82, 2.24) is 9.36 Å². The third kappa shape index (κ3) is 2.70. The third-order valence-corrected chi connectivity index (χ3v) is 2.89. The van der Waals surface area contributed by atoms with Crippen LogP contribution in [0.15, 0.2) is 24.3 Å². The Kier molecular flexibility index (Phi) is 3.36. The number of nitrogens with one attached hydrogen (secondary N) is 1. The first-order chi connectivity index (χ1) is 7.78. The first-order valence-corrected chi connectivity index (χ1v) is 5.96. The molecule has 0 atom stereocenters. The van der Waals surface area contributed by atoms with Crippen LogP contribution < -0.4 is 11.1 Å². The molecule has 2 aromatic rings. The van der Waals surface area contributed by atoms with Crippen LogP contribution in [0.5, 0.6) is 0 Å². The van der Waals surface area contributed by atoms with Crippen molar-refractivity contribution >= 4 is 22.4 Å². The van der Waals surface area contributed by atoms with E-state index in [1.807, 2.05) is 31.2 Å². The molecule has 0 saturated carbocycles. The summed E-state index contributed by atoms with van der Waals surface area (Å²) in [5, 5.41) is 4.09. The molecular weight excluding hydrogens is 220 g/mol. The Labute approximate surface area is 98.7 Å². The van der Waals surface area contributed by atoms with Crippen molar-refractivity contribution < 1.29 is 0 Å². The maximum absolute atomic E-state index is 5.70. The van der Waals surface area contributed by atoms with Crippen LogP contribution in [0.4, 0.5) is 10.8 Å². The highest BCUT2D eigenvalue weighted by atomic mass is 32.1. The lowest BCUT2D eigenvalue weighted by Gasteiger charge is -2.02. The topological polar surface area (TPSA) is 63.8 Å². The van der Waals surface area contributed by atoms with Crippen molar-refractivity contribution in [2.75, 3.05) is 11.1 Å². The lowest BCUT2D eigenvalue weighted by Crippen LogP contribution is -1.99. The summed E-state index contributed by atoms with van der Waals surface area (Å²) >= 11 is 1.39. The molecule has 1 aromatic heterocycles. The van der Waals surface area contributed by atoms with Crippen LogP contribution in [0.2, 0.25) is 0 Å². The number of anilines is 2. The zero-order valence-electron chi connectivity index (χ0n) is 9.10. The highest BCUT2D eigenvalue weighted by molar-refractivity contribution is 7.09. The second kappa shape index (κ2) is 4.94. The van der Waals surface area contributed by atoms with E-state index >= 15 is 0 Å². The fourth-order valence-corrected chi connectivity index (χ4v) is 1.99. The summed E-state index contributed by atoms with van der Waals surface area (Å²) in [6.45, 7) is 2.77. The molecule has 0 amide bonds. The van der Waals surface area contributed by atoms with Crippen LogP contribution in [0.25, 0.3) is 0 Å². The van der Waals surface area contributed by atoms with Gasteiger partial charge in [0.25, 0.3) is 0 Å². The fraction of sp³-hybridized carbons (Fsp3) is 0.273. The number of hydrogen-bond acceptors (Lipinski definition) is 5. The van der Waals surface area contributed by atoms with E-state index in [0.29, 0.717) is 0 Å². The Balaban J connectivity index is 1.96. The molecule has 0 bridgehead atoms. The molecule has 0 fully saturated rings. The minimum atomic E-state index is 0.726. The van der Waals surface area contributed by atoms with Crippen molar-refractivity contribution in [2.24, 2.45) is 0 Å². The molecule has 1 heterocycles. The molecule has 5 heteroatoms. The molecule has 0 aliphatic rings. The second-order valence-corrected chi connectivity index (χ2v) is 4.22. The monoisotopic (exact) mass is 234 g/mol. The predicted octanol–water partition coefficient (Wildman–Crippen LogP) is 2.29. The number of nitrogen functional groups attached to an aromatic ring is 1. The van der Waals surface area contributed by atoms with E-state index in [2.05, 4.69) is 14.7 Å². The van der Waals surface area contributed by atoms with E-state index in [1.165, 1.54) is 11.5 Å². The first-order valence-electron chi connectivity index (χ1n) is 5.19. The molecule has 1 aromatic carbocycles. The average molecular weight is 234 g/mol. The minimum absolute atomic E-state index is 0.726. The molecule has 3 N–H and O–H groups in total. The summed E-state index contributed by atoms with van der Waals surface area (Å²) in [5.41, 5.74) is 7.63. The van der Waals surface area contributed by atoms with Crippen LogP contribution in [-0.4, -0.2) is 9.36 Å². The Morgan fingerprint density at radius 3 is 3.00 bits per heavy atom. The molecular formula is C11H14N4S. The van der Waals surface area contributed by atoms with Gasteiger partial charge in [0, 0.05) is 30.2 Å². The van der Waals surface area contributed by atoms with Gasteiger partial charge in [0.15, 0.2) is 0 Å². The van der Waals surface area contributed by atoms with Gasteiger partial charge in [-0.2, -0.15) is 4.37 Å². The van der Waals surface area contributed by atoms with Gasteiger partial charge in [-0.15, -0.1) is 0 Å². The van der Waals surface area contributed by atoms with Crippen molar-refractivity contribution in [3.63, 3.8) is 0 Å². The summed E-state index contributed by atoms with van der Waals surface area (Å²) in [6.07, 6.45) is 0.871. The molecule has 16 heavy (non-hydrogen) atoms. The van der Waals surface area contributed by atoms with E-state index in [0.717, 1.165) is 35.2 Å². The molecule has 0 radical (unpaired) electrons. The smallest absolute Gasteiger partial charge is 0.202 e. The number of benzene rings is 1. The molecule has 0 aliphatic carbocycles. The van der Waals surface area contributed by atoms with Gasteiger partial charge in [-0.05, 0) is 17.7 Å². The highest BCUT2D eigenvalue weighted by Crippen LogP contribution is 2.13. The van der Waals surface area contributed by atoms with Crippen molar-refractivity contribution in [2.45, 2.75) is 19.9 Å². The predicted molar refractivity (Wildman–Crippen MR) is 67.5 cm³/mol. The molecule has 0 unspecified atom stereocenters. The molecule has 0 aliphatic heterocycles. The summed E-state index contributed by atoms with van der Waals surface area (Å²) in [4.78, 5) is 4.33. The number of rotatable bonds is 4. The molecule has 4 nitrogen and oxygen atoms in total. The van der Waals surface area contributed by atoms with Crippen molar-refractivity contribution in [3.8, 4) is 0 Å². The van der Waals surface area contributed by atoms with Gasteiger partial charge in [0.05, 0.1) is 0 Å². The van der Waals surface area contributed by atoms with Gasteiger partial charge in [-0.1, -0.05) is 19.1 Å². The van der Waals surface area contributed by atoms with Crippen LogP contribution in [0.3, 0.4) is 0 Å². The van der Waals surface area contributed by atoms with E-state index < -0.39 is 0 Å². The van der Waals surface area contributed by atoms with E-state index in [-0.39, 0.29) is 0 Å². The van der Waals surface area contributed by atoms with Crippen LogP contribution in [0.1, 0.15) is 18.3 Å². The number of aryl methyl sites for hydroxylation is 1. The summed E-state index contributed by atoms with van der Waals surface area (Å²) in [5.74, 6) is 0.889. The average Bonchev–Trinajstić information content (AvgIpc) is 2.74. The number of hydrogen-bond donors (Lipinski definition) is 2. The summed E-state index contributed by atoms with van der Waals surface area (Å²) < 4.78 is 4.21. The maximum Gasteiger partial charge on any atom is 0.202 e. The van der Waals surface area contributed by atoms with E-state index in [9.17, 15) is 0 Å². The Morgan fingerprint density at radius 1 is 1.44 bits per heavy atom. The highest BCUT2D eigenvalue weighted by Gasteiger charge is 2.01. The van der Waals surface area contributed by atoms with Crippen LogP contribution in [0, 0.1) is 0 Å². The molecule has 0 spiro atoms. The van der Waals surface area contributed by atoms with Gasteiger partial charge >= 0.3 is 0 Å². The summed E-state index contributed by atoms with van der Waals surface area (Å²) in [6, 6.07) is 7.81. The third-order valence-electron chi connectivity index (χ3n) is 2.18. The maximum atomic E-state index is 5.70. The molecule has 0 saturated heterocycles. The lowest BCUT2D eigenvalue weighted by atomic mass is 10.2. The SMILES string of the molecule is CCc1nsc(NCc2cccc(N)c2)n1. The zero-order chi connectivity index (χ0) is 11.4. The van der Waals surface area contributed by atoms with Crippen LogP contribution >= 0.6 is 11.5 Å². The van der Waals surface area contributed by atoms with Crippen molar-refractivity contribution in [1.29, 1.82) is 0 Å². The van der Waals surface area contributed by atoms with Gasteiger partial charge < -0.3 is 11.1 Å². The fourth-order valence-electron chi connectivity index (χ4n) is 1.35. The normalized spacial score (nSPS) is 10.3. The first kappa shape index (κ1) is 10.9. The largest absolute Gasteiger partial charge is 0.399 e.